The molecule has 1 amide bonds. The second-order valence-corrected chi connectivity index (χ2v) is 4.84. The molecule has 0 aliphatic carbocycles. The molecule has 2 N–H and O–H groups in total. The SMILES string of the molecule is O=C(NCCCN1CCCC1)C1CCCN1. The van der Waals surface area contributed by atoms with Crippen molar-refractivity contribution in [3.05, 3.63) is 0 Å². The van der Waals surface area contributed by atoms with E-state index in [1.54, 1.807) is 0 Å². The van der Waals surface area contributed by atoms with Crippen LogP contribution in [0.1, 0.15) is 32.1 Å². The number of nitrogens with zero attached hydrogens (tertiary/aromatic N) is 1. The first-order chi connectivity index (χ1) is 7.86. The highest BCUT2D eigenvalue weighted by Crippen LogP contribution is 2.07. The van der Waals surface area contributed by atoms with E-state index < -0.39 is 0 Å². The lowest BCUT2D eigenvalue weighted by Gasteiger charge is -2.15. The lowest BCUT2D eigenvalue weighted by atomic mass is 10.2. The monoisotopic (exact) mass is 225 g/mol. The number of carbonyl (C=O) groups is 1. The van der Waals surface area contributed by atoms with Gasteiger partial charge in [-0.2, -0.15) is 0 Å². The van der Waals surface area contributed by atoms with Crippen molar-refractivity contribution in [2.24, 2.45) is 0 Å². The summed E-state index contributed by atoms with van der Waals surface area (Å²) in [5, 5.41) is 6.24. The van der Waals surface area contributed by atoms with Gasteiger partial charge < -0.3 is 15.5 Å². The number of hydrogen-bond acceptors (Lipinski definition) is 3. The highest BCUT2D eigenvalue weighted by molar-refractivity contribution is 5.81. The van der Waals surface area contributed by atoms with E-state index in [1.807, 2.05) is 0 Å². The number of nitrogens with one attached hydrogen (secondary N) is 2. The Morgan fingerprint density at radius 2 is 2.12 bits per heavy atom. The Hall–Kier alpha value is -0.610. The van der Waals surface area contributed by atoms with Crippen molar-refractivity contribution in [3.8, 4) is 0 Å². The summed E-state index contributed by atoms with van der Waals surface area (Å²) < 4.78 is 0. The summed E-state index contributed by atoms with van der Waals surface area (Å²) in [6.45, 7) is 5.45. The highest BCUT2D eigenvalue weighted by atomic mass is 16.2. The summed E-state index contributed by atoms with van der Waals surface area (Å²) >= 11 is 0. The van der Waals surface area contributed by atoms with Crippen LogP contribution in [-0.2, 0) is 4.79 Å². The summed E-state index contributed by atoms with van der Waals surface area (Å²) in [5.41, 5.74) is 0. The number of hydrogen-bond donors (Lipinski definition) is 2. The van der Waals surface area contributed by atoms with E-state index >= 15 is 0 Å². The summed E-state index contributed by atoms with van der Waals surface area (Å²) in [5.74, 6) is 0.193. The Balaban J connectivity index is 1.51. The van der Waals surface area contributed by atoms with Gasteiger partial charge in [0.1, 0.15) is 0 Å². The fourth-order valence-corrected chi connectivity index (χ4v) is 2.55. The van der Waals surface area contributed by atoms with Gasteiger partial charge in [-0.05, 0) is 58.3 Å². The Labute approximate surface area is 97.8 Å². The molecule has 2 fully saturated rings. The van der Waals surface area contributed by atoms with Gasteiger partial charge in [0.05, 0.1) is 6.04 Å². The van der Waals surface area contributed by atoms with Gasteiger partial charge in [-0.3, -0.25) is 4.79 Å². The average Bonchev–Trinajstić information content (AvgIpc) is 2.96. The van der Waals surface area contributed by atoms with Gasteiger partial charge in [-0.1, -0.05) is 0 Å². The molecule has 2 rings (SSSR count). The van der Waals surface area contributed by atoms with Gasteiger partial charge in [0.2, 0.25) is 5.91 Å². The van der Waals surface area contributed by atoms with Crippen LogP contribution in [0.5, 0.6) is 0 Å². The minimum Gasteiger partial charge on any atom is -0.355 e. The lowest BCUT2D eigenvalue weighted by molar-refractivity contribution is -0.122. The summed E-state index contributed by atoms with van der Waals surface area (Å²) in [7, 11) is 0. The maximum absolute atomic E-state index is 11.7. The van der Waals surface area contributed by atoms with Crippen LogP contribution in [0.4, 0.5) is 0 Å². The number of likely N-dealkylation sites (tertiary alicyclic amines) is 1. The maximum Gasteiger partial charge on any atom is 0.237 e. The van der Waals surface area contributed by atoms with E-state index in [1.165, 1.54) is 25.9 Å². The maximum atomic E-state index is 11.7. The van der Waals surface area contributed by atoms with E-state index in [9.17, 15) is 4.79 Å². The summed E-state index contributed by atoms with van der Waals surface area (Å²) in [4.78, 5) is 14.1. The van der Waals surface area contributed by atoms with Crippen molar-refractivity contribution >= 4 is 5.91 Å². The van der Waals surface area contributed by atoms with Crippen molar-refractivity contribution in [2.75, 3.05) is 32.7 Å². The van der Waals surface area contributed by atoms with Crippen LogP contribution in [-0.4, -0.2) is 49.6 Å². The number of carbonyl (C=O) groups excluding carboxylic acids is 1. The first kappa shape index (κ1) is 11.9. The molecule has 1 atom stereocenters. The molecule has 0 saturated carbocycles. The zero-order valence-electron chi connectivity index (χ0n) is 10.0. The van der Waals surface area contributed by atoms with Crippen molar-refractivity contribution in [1.82, 2.24) is 15.5 Å². The van der Waals surface area contributed by atoms with E-state index in [0.29, 0.717) is 0 Å². The zero-order valence-corrected chi connectivity index (χ0v) is 10.0. The molecular weight excluding hydrogens is 202 g/mol. The predicted molar refractivity (Wildman–Crippen MR) is 64.3 cm³/mol. The topological polar surface area (TPSA) is 44.4 Å². The Morgan fingerprint density at radius 1 is 1.31 bits per heavy atom. The van der Waals surface area contributed by atoms with Gasteiger partial charge in [0.15, 0.2) is 0 Å². The number of rotatable bonds is 5. The van der Waals surface area contributed by atoms with Gasteiger partial charge in [0, 0.05) is 6.54 Å². The van der Waals surface area contributed by atoms with Gasteiger partial charge >= 0.3 is 0 Å². The predicted octanol–water partition coefficient (Wildman–Crippen LogP) is 0.341. The molecule has 2 aliphatic rings. The van der Waals surface area contributed by atoms with Gasteiger partial charge in [-0.25, -0.2) is 0 Å². The average molecular weight is 225 g/mol. The normalized spacial score (nSPS) is 26.1. The first-order valence-corrected chi connectivity index (χ1v) is 6.60. The molecule has 4 heteroatoms. The van der Waals surface area contributed by atoms with Crippen molar-refractivity contribution in [1.29, 1.82) is 0 Å². The van der Waals surface area contributed by atoms with Crippen LogP contribution < -0.4 is 10.6 Å². The largest absolute Gasteiger partial charge is 0.355 e. The molecule has 0 aromatic carbocycles. The van der Waals surface area contributed by atoms with Crippen molar-refractivity contribution < 1.29 is 4.79 Å². The second-order valence-electron chi connectivity index (χ2n) is 4.84. The molecule has 0 spiro atoms. The molecule has 2 saturated heterocycles. The molecule has 1 unspecified atom stereocenters. The van der Waals surface area contributed by atoms with E-state index in [2.05, 4.69) is 15.5 Å². The van der Waals surface area contributed by atoms with Crippen molar-refractivity contribution in [3.63, 3.8) is 0 Å². The van der Waals surface area contributed by atoms with Crippen LogP contribution in [0.25, 0.3) is 0 Å². The fourth-order valence-electron chi connectivity index (χ4n) is 2.55. The molecule has 16 heavy (non-hydrogen) atoms. The van der Waals surface area contributed by atoms with Gasteiger partial charge in [-0.15, -0.1) is 0 Å². The quantitative estimate of drug-likeness (QED) is 0.663. The molecular formula is C12H23N3O. The summed E-state index contributed by atoms with van der Waals surface area (Å²) in [6.07, 6.45) is 5.90. The van der Waals surface area contributed by atoms with E-state index in [0.717, 1.165) is 38.9 Å². The third-order valence-corrected chi connectivity index (χ3v) is 3.53. The Bertz CT molecular complexity index is 220. The third-order valence-electron chi connectivity index (χ3n) is 3.53. The molecule has 0 radical (unpaired) electrons. The molecule has 2 aliphatic heterocycles. The zero-order chi connectivity index (χ0) is 11.2. The highest BCUT2D eigenvalue weighted by Gasteiger charge is 2.21. The Kier molecular flexibility index (Phi) is 4.60. The molecule has 0 aromatic heterocycles. The van der Waals surface area contributed by atoms with Crippen LogP contribution >= 0.6 is 0 Å². The molecule has 0 bridgehead atoms. The minimum absolute atomic E-state index is 0.0757. The van der Waals surface area contributed by atoms with Crippen LogP contribution in [0, 0.1) is 0 Å². The lowest BCUT2D eigenvalue weighted by Crippen LogP contribution is -2.41. The Morgan fingerprint density at radius 3 is 2.81 bits per heavy atom. The summed E-state index contributed by atoms with van der Waals surface area (Å²) in [6, 6.07) is 0.0757. The fraction of sp³-hybridized carbons (Fsp3) is 0.917. The number of amides is 1. The molecule has 4 nitrogen and oxygen atoms in total. The van der Waals surface area contributed by atoms with Crippen LogP contribution in [0.3, 0.4) is 0 Å². The third kappa shape index (κ3) is 3.46. The standard InChI is InChI=1S/C12H23N3O/c16-12(11-5-3-6-13-11)14-7-4-10-15-8-1-2-9-15/h11,13H,1-10H2,(H,14,16). The molecule has 0 aromatic rings. The molecule has 92 valence electrons. The van der Waals surface area contributed by atoms with Crippen LogP contribution in [0.15, 0.2) is 0 Å². The smallest absolute Gasteiger partial charge is 0.237 e. The van der Waals surface area contributed by atoms with Crippen molar-refractivity contribution in [2.45, 2.75) is 38.1 Å². The molecule has 2 heterocycles. The minimum atomic E-state index is 0.0757. The van der Waals surface area contributed by atoms with E-state index in [4.69, 9.17) is 0 Å². The van der Waals surface area contributed by atoms with Gasteiger partial charge in [0.25, 0.3) is 0 Å². The van der Waals surface area contributed by atoms with Crippen LogP contribution in [0.2, 0.25) is 0 Å². The van der Waals surface area contributed by atoms with E-state index in [-0.39, 0.29) is 11.9 Å². The second kappa shape index (κ2) is 6.21. The first-order valence-electron chi connectivity index (χ1n) is 6.60.